The summed E-state index contributed by atoms with van der Waals surface area (Å²) in [5, 5.41) is 16.4. The Morgan fingerprint density at radius 3 is 2.42 bits per heavy atom. The number of nitrogens with one attached hydrogen (secondary N) is 2. The molecule has 2 aromatic heterocycles. The molecule has 0 spiro atoms. The molecule has 9 heteroatoms. The van der Waals surface area contributed by atoms with Crippen LogP contribution in [0.4, 0.5) is 11.4 Å². The number of anilines is 2. The van der Waals surface area contributed by atoms with Gasteiger partial charge in [0.05, 0.1) is 23.3 Å². The van der Waals surface area contributed by atoms with E-state index in [2.05, 4.69) is 31.2 Å². The van der Waals surface area contributed by atoms with E-state index in [0.29, 0.717) is 10.8 Å². The Labute approximate surface area is 225 Å². The van der Waals surface area contributed by atoms with Crippen molar-refractivity contribution in [2.45, 2.75) is 32.9 Å². The molecule has 0 radical (unpaired) electrons. The van der Waals surface area contributed by atoms with Gasteiger partial charge >= 0.3 is 5.97 Å². The van der Waals surface area contributed by atoms with Crippen molar-refractivity contribution in [3.05, 3.63) is 107 Å². The molecular formula is C29H27N5O3S. The standard InChI is InChI=1S/C29H27N5O3S/c1-17-15-24(18(2)33(17)23-8-6-7-20(16-23)28(36)37)27-26(25-9-4-5-14-30-25)32-29(38)34(27)22-12-10-21(11-13-22)31-19(3)35/h4-16,26-27H,1-3H3,(H,31,35)(H,32,38)(H,36,37)/t26-,27+/m1/s1. The number of carbonyl (C=O) groups excluding carboxylic acids is 1. The lowest BCUT2D eigenvalue weighted by atomic mass is 9.96. The molecular weight excluding hydrogens is 498 g/mol. The molecule has 192 valence electrons. The number of aryl methyl sites for hydroxylation is 1. The molecule has 1 saturated heterocycles. The van der Waals surface area contributed by atoms with Crippen molar-refractivity contribution in [3.63, 3.8) is 0 Å². The average molecular weight is 526 g/mol. The molecule has 3 N–H and O–H groups in total. The molecule has 0 bridgehead atoms. The fourth-order valence-electron chi connectivity index (χ4n) is 5.12. The molecule has 1 amide bonds. The van der Waals surface area contributed by atoms with Crippen molar-refractivity contribution in [2.24, 2.45) is 0 Å². The SMILES string of the molecule is CC(=O)Nc1ccc(N2C(=S)N[C@H](c3ccccn3)[C@@H]2c2cc(C)n(-c3cccc(C(=O)O)c3)c2C)cc1. The number of nitrogens with zero attached hydrogens (tertiary/aromatic N) is 3. The maximum atomic E-state index is 11.6. The third kappa shape index (κ3) is 4.64. The second-order valence-electron chi connectivity index (χ2n) is 9.24. The van der Waals surface area contributed by atoms with E-state index in [1.165, 1.54) is 6.92 Å². The van der Waals surface area contributed by atoms with E-state index in [4.69, 9.17) is 12.2 Å². The van der Waals surface area contributed by atoms with Crippen LogP contribution in [0.5, 0.6) is 0 Å². The Hall–Kier alpha value is -4.50. The summed E-state index contributed by atoms with van der Waals surface area (Å²) < 4.78 is 2.07. The molecule has 0 unspecified atom stereocenters. The third-order valence-corrected chi connectivity index (χ3v) is 7.02. The maximum Gasteiger partial charge on any atom is 0.335 e. The van der Waals surface area contributed by atoms with Crippen LogP contribution >= 0.6 is 12.2 Å². The Morgan fingerprint density at radius 1 is 1.00 bits per heavy atom. The summed E-state index contributed by atoms with van der Waals surface area (Å²) in [6.45, 7) is 5.51. The zero-order chi connectivity index (χ0) is 27.0. The second kappa shape index (κ2) is 10.1. The monoisotopic (exact) mass is 525 g/mol. The van der Waals surface area contributed by atoms with Crippen molar-refractivity contribution in [2.75, 3.05) is 10.2 Å². The lowest BCUT2D eigenvalue weighted by Gasteiger charge is -2.28. The predicted molar refractivity (Wildman–Crippen MR) is 151 cm³/mol. The lowest BCUT2D eigenvalue weighted by molar-refractivity contribution is -0.114. The number of carboxylic acid groups (broad SMARTS) is 1. The lowest BCUT2D eigenvalue weighted by Crippen LogP contribution is -2.29. The first-order valence-electron chi connectivity index (χ1n) is 12.2. The van der Waals surface area contributed by atoms with Crippen LogP contribution in [0.1, 0.15) is 52.0 Å². The van der Waals surface area contributed by atoms with Crippen LogP contribution in [0.25, 0.3) is 5.69 Å². The quantitative estimate of drug-likeness (QED) is 0.293. The van der Waals surface area contributed by atoms with Gasteiger partial charge in [0, 0.05) is 41.6 Å². The van der Waals surface area contributed by atoms with Crippen LogP contribution in [-0.4, -0.2) is 31.6 Å². The molecule has 2 atom stereocenters. The van der Waals surface area contributed by atoms with Crippen molar-refractivity contribution < 1.29 is 14.7 Å². The van der Waals surface area contributed by atoms with Gasteiger partial charge in [0.15, 0.2) is 5.11 Å². The first-order valence-corrected chi connectivity index (χ1v) is 12.6. The normalized spacial score (nSPS) is 16.8. The minimum absolute atomic E-state index is 0.136. The fourth-order valence-corrected chi connectivity index (χ4v) is 5.47. The minimum Gasteiger partial charge on any atom is -0.478 e. The highest BCUT2D eigenvalue weighted by atomic mass is 32.1. The number of thiocarbonyl (C=S) groups is 1. The number of carbonyl (C=O) groups is 2. The van der Waals surface area contributed by atoms with E-state index in [9.17, 15) is 14.7 Å². The molecule has 1 aliphatic heterocycles. The van der Waals surface area contributed by atoms with E-state index in [1.807, 2.05) is 62.4 Å². The van der Waals surface area contributed by atoms with Crippen LogP contribution in [0, 0.1) is 13.8 Å². The van der Waals surface area contributed by atoms with Crippen molar-refractivity contribution in [1.29, 1.82) is 0 Å². The molecule has 5 rings (SSSR count). The van der Waals surface area contributed by atoms with Crippen LogP contribution < -0.4 is 15.5 Å². The first kappa shape index (κ1) is 25.2. The molecule has 1 fully saturated rings. The summed E-state index contributed by atoms with van der Waals surface area (Å²) >= 11 is 5.85. The summed E-state index contributed by atoms with van der Waals surface area (Å²) in [4.78, 5) is 29.8. The number of benzene rings is 2. The highest BCUT2D eigenvalue weighted by Crippen LogP contribution is 2.44. The van der Waals surface area contributed by atoms with Gasteiger partial charge in [-0.1, -0.05) is 12.1 Å². The number of rotatable bonds is 6. The molecule has 3 heterocycles. The zero-order valence-corrected chi connectivity index (χ0v) is 22.0. The highest BCUT2D eigenvalue weighted by Gasteiger charge is 2.42. The fraction of sp³-hybridized carbons (Fsp3) is 0.172. The number of aromatic nitrogens is 2. The number of hydrogen-bond donors (Lipinski definition) is 3. The van der Waals surface area contributed by atoms with Gasteiger partial charge in [-0.2, -0.15) is 0 Å². The van der Waals surface area contributed by atoms with E-state index in [-0.39, 0.29) is 23.6 Å². The van der Waals surface area contributed by atoms with Gasteiger partial charge in [-0.25, -0.2) is 4.79 Å². The van der Waals surface area contributed by atoms with Gasteiger partial charge < -0.3 is 25.2 Å². The minimum atomic E-state index is -0.969. The molecule has 0 aliphatic carbocycles. The Kier molecular flexibility index (Phi) is 6.69. The molecule has 0 saturated carbocycles. The van der Waals surface area contributed by atoms with Gasteiger partial charge in [0.2, 0.25) is 5.91 Å². The van der Waals surface area contributed by atoms with Crippen LogP contribution in [0.15, 0.2) is 79.0 Å². The van der Waals surface area contributed by atoms with Crippen LogP contribution in [0.3, 0.4) is 0 Å². The predicted octanol–water partition coefficient (Wildman–Crippen LogP) is 5.32. The molecule has 8 nitrogen and oxygen atoms in total. The van der Waals surface area contributed by atoms with Gasteiger partial charge in [-0.05, 0) is 92.3 Å². The Balaban J connectivity index is 1.63. The van der Waals surface area contributed by atoms with E-state index in [1.54, 1.807) is 24.4 Å². The topological polar surface area (TPSA) is 99.5 Å². The van der Waals surface area contributed by atoms with Crippen molar-refractivity contribution in [1.82, 2.24) is 14.9 Å². The summed E-state index contributed by atoms with van der Waals surface area (Å²) in [6, 6.07) is 22.0. The van der Waals surface area contributed by atoms with Crippen LogP contribution in [-0.2, 0) is 4.79 Å². The third-order valence-electron chi connectivity index (χ3n) is 6.70. The first-order chi connectivity index (χ1) is 18.2. The number of amides is 1. The Morgan fingerprint density at radius 2 is 1.76 bits per heavy atom. The molecule has 38 heavy (non-hydrogen) atoms. The summed E-state index contributed by atoms with van der Waals surface area (Å²) in [6.07, 6.45) is 1.77. The van der Waals surface area contributed by atoms with E-state index < -0.39 is 5.97 Å². The maximum absolute atomic E-state index is 11.6. The highest BCUT2D eigenvalue weighted by molar-refractivity contribution is 7.80. The average Bonchev–Trinajstić information content (AvgIpc) is 3.39. The van der Waals surface area contributed by atoms with E-state index in [0.717, 1.165) is 34.0 Å². The second-order valence-corrected chi connectivity index (χ2v) is 9.63. The number of carboxylic acids is 1. The van der Waals surface area contributed by atoms with Crippen LogP contribution in [0.2, 0.25) is 0 Å². The number of pyridine rings is 1. The van der Waals surface area contributed by atoms with Gasteiger partial charge in [-0.3, -0.25) is 9.78 Å². The number of aromatic carboxylic acids is 1. The molecule has 2 aromatic carbocycles. The largest absolute Gasteiger partial charge is 0.478 e. The van der Waals surface area contributed by atoms with Crippen molar-refractivity contribution in [3.8, 4) is 5.69 Å². The van der Waals surface area contributed by atoms with Crippen molar-refractivity contribution >= 4 is 40.6 Å². The molecule has 4 aromatic rings. The summed E-state index contributed by atoms with van der Waals surface area (Å²) in [7, 11) is 0. The summed E-state index contributed by atoms with van der Waals surface area (Å²) in [5.41, 5.74) is 6.42. The Bertz CT molecular complexity index is 1530. The molecule has 1 aliphatic rings. The summed E-state index contributed by atoms with van der Waals surface area (Å²) in [5.74, 6) is -1.10. The smallest absolute Gasteiger partial charge is 0.335 e. The van der Waals surface area contributed by atoms with Gasteiger partial charge in [-0.15, -0.1) is 0 Å². The van der Waals surface area contributed by atoms with Gasteiger partial charge in [0.25, 0.3) is 0 Å². The van der Waals surface area contributed by atoms with E-state index >= 15 is 0 Å². The zero-order valence-electron chi connectivity index (χ0n) is 21.2. The number of hydrogen-bond acceptors (Lipinski definition) is 4. The van der Waals surface area contributed by atoms with Gasteiger partial charge in [0.1, 0.15) is 0 Å².